The average molecular weight is 413 g/mol. The van der Waals surface area contributed by atoms with Gasteiger partial charge in [-0.3, -0.25) is 9.48 Å². The van der Waals surface area contributed by atoms with Gasteiger partial charge in [0.25, 0.3) is 5.91 Å². The van der Waals surface area contributed by atoms with Crippen molar-refractivity contribution >= 4 is 34.2 Å². The topological polar surface area (TPSA) is 69.0 Å². The Morgan fingerprint density at radius 2 is 2.04 bits per heavy atom. The summed E-state index contributed by atoms with van der Waals surface area (Å²) in [5.74, 6) is -0.879. The largest absolute Gasteiger partial charge is 0.464 e. The van der Waals surface area contributed by atoms with E-state index in [1.807, 2.05) is 0 Å². The van der Waals surface area contributed by atoms with Crippen molar-refractivity contribution in [3.63, 3.8) is 0 Å². The molecule has 28 heavy (non-hydrogen) atoms. The lowest BCUT2D eigenvalue weighted by molar-refractivity contribution is -0.136. The van der Waals surface area contributed by atoms with Gasteiger partial charge < -0.3 is 10.1 Å². The molecule has 0 aliphatic heterocycles. The van der Waals surface area contributed by atoms with E-state index in [4.69, 9.17) is 16.3 Å². The van der Waals surface area contributed by atoms with Gasteiger partial charge in [0.1, 0.15) is 0 Å². The number of carbonyl (C=O) groups excluding carboxylic acids is 1. The van der Waals surface area contributed by atoms with Gasteiger partial charge in [-0.15, -0.1) is 0 Å². The van der Waals surface area contributed by atoms with E-state index in [2.05, 4.69) is 15.4 Å². The predicted octanol–water partition coefficient (Wildman–Crippen LogP) is 4.35. The van der Waals surface area contributed by atoms with Crippen molar-refractivity contribution in [1.29, 1.82) is 0 Å². The molecule has 3 rings (SSSR count). The lowest BCUT2D eigenvalue weighted by Gasteiger charge is -2.16. The second kappa shape index (κ2) is 7.31. The van der Waals surface area contributed by atoms with Crippen molar-refractivity contribution in [1.82, 2.24) is 14.8 Å². The number of halogens is 4. The summed E-state index contributed by atoms with van der Waals surface area (Å²) in [4.78, 5) is 16.4. The number of carbonyl (C=O) groups is 1. The molecule has 0 saturated heterocycles. The molecule has 0 spiro atoms. The minimum atomic E-state index is -4.63. The number of aryl methyl sites for hydroxylation is 2. The molecule has 0 aliphatic carbocycles. The number of hydrogen-bond acceptors (Lipinski definition) is 4. The minimum Gasteiger partial charge on any atom is -0.464 e. The highest BCUT2D eigenvalue weighted by Gasteiger charge is 2.36. The maximum atomic E-state index is 13.5. The van der Waals surface area contributed by atoms with Crippen LogP contribution in [0, 0.1) is 6.92 Å². The summed E-state index contributed by atoms with van der Waals surface area (Å²) in [7, 11) is 1.49. The third-order valence-corrected chi connectivity index (χ3v) is 4.24. The average Bonchev–Trinajstić information content (AvgIpc) is 2.87. The molecule has 1 amide bonds. The minimum absolute atomic E-state index is 0.0183. The SMILES string of the molecule is Cc1nn(C)c2nc(O[C@H](C)C(=O)Nc3cccc(Cl)c3)cc(C(F)(F)F)c12. The van der Waals surface area contributed by atoms with E-state index in [1.54, 1.807) is 18.2 Å². The Balaban J connectivity index is 1.89. The fourth-order valence-electron chi connectivity index (χ4n) is 2.75. The Labute approximate surface area is 163 Å². The molecule has 0 fully saturated rings. The Kier molecular flexibility index (Phi) is 5.20. The van der Waals surface area contributed by atoms with Crippen molar-refractivity contribution in [3.05, 3.63) is 46.6 Å². The molecule has 6 nitrogen and oxygen atoms in total. The summed E-state index contributed by atoms with van der Waals surface area (Å²) in [5.41, 5.74) is -0.254. The van der Waals surface area contributed by atoms with Crippen LogP contribution in [0.2, 0.25) is 5.02 Å². The summed E-state index contributed by atoms with van der Waals surface area (Å²) in [6, 6.07) is 7.24. The van der Waals surface area contributed by atoms with Gasteiger partial charge in [0.2, 0.25) is 5.88 Å². The van der Waals surface area contributed by atoms with E-state index in [0.717, 1.165) is 6.07 Å². The van der Waals surface area contributed by atoms with Crippen molar-refractivity contribution in [2.24, 2.45) is 7.05 Å². The van der Waals surface area contributed by atoms with Crippen molar-refractivity contribution in [2.75, 3.05) is 5.32 Å². The second-order valence-corrected chi connectivity index (χ2v) is 6.61. The zero-order valence-electron chi connectivity index (χ0n) is 15.1. The van der Waals surface area contributed by atoms with Crippen LogP contribution in [0.1, 0.15) is 18.2 Å². The zero-order chi connectivity index (χ0) is 20.6. The number of pyridine rings is 1. The van der Waals surface area contributed by atoms with Crippen LogP contribution in [0.5, 0.6) is 5.88 Å². The fraction of sp³-hybridized carbons (Fsp3) is 0.278. The van der Waals surface area contributed by atoms with Gasteiger partial charge in [-0.25, -0.2) is 0 Å². The van der Waals surface area contributed by atoms with Crippen LogP contribution in [0.3, 0.4) is 0 Å². The number of aromatic nitrogens is 3. The molecule has 10 heteroatoms. The van der Waals surface area contributed by atoms with Crippen molar-refractivity contribution in [3.8, 4) is 5.88 Å². The molecule has 0 aliphatic rings. The first-order valence-corrected chi connectivity index (χ1v) is 8.58. The van der Waals surface area contributed by atoms with Gasteiger partial charge in [0.15, 0.2) is 11.8 Å². The van der Waals surface area contributed by atoms with E-state index >= 15 is 0 Å². The zero-order valence-corrected chi connectivity index (χ0v) is 15.9. The summed E-state index contributed by atoms with van der Waals surface area (Å²) >= 11 is 5.86. The van der Waals surface area contributed by atoms with Crippen LogP contribution in [-0.2, 0) is 18.0 Å². The quantitative estimate of drug-likeness (QED) is 0.691. The third-order valence-electron chi connectivity index (χ3n) is 4.01. The van der Waals surface area contributed by atoms with Gasteiger partial charge in [0, 0.05) is 23.8 Å². The second-order valence-electron chi connectivity index (χ2n) is 6.17. The van der Waals surface area contributed by atoms with Gasteiger partial charge in [-0.2, -0.15) is 23.3 Å². The monoisotopic (exact) mass is 412 g/mol. The summed E-state index contributed by atoms with van der Waals surface area (Å²) in [6.45, 7) is 2.88. The normalized spacial score (nSPS) is 12.8. The molecule has 2 heterocycles. The first kappa shape index (κ1) is 19.9. The Morgan fingerprint density at radius 3 is 2.68 bits per heavy atom. The molecule has 0 radical (unpaired) electrons. The maximum absolute atomic E-state index is 13.5. The van der Waals surface area contributed by atoms with E-state index in [0.29, 0.717) is 10.7 Å². The van der Waals surface area contributed by atoms with Crippen LogP contribution in [0.15, 0.2) is 30.3 Å². The highest BCUT2D eigenvalue weighted by atomic mass is 35.5. The molecule has 1 aromatic carbocycles. The Morgan fingerprint density at radius 1 is 1.32 bits per heavy atom. The molecule has 2 aromatic heterocycles. The first-order valence-electron chi connectivity index (χ1n) is 8.21. The fourth-order valence-corrected chi connectivity index (χ4v) is 2.94. The molecular formula is C18H16ClF3N4O2. The van der Waals surface area contributed by atoms with Crippen molar-refractivity contribution in [2.45, 2.75) is 26.1 Å². The molecule has 0 saturated carbocycles. The number of hydrogen-bond donors (Lipinski definition) is 1. The molecular weight excluding hydrogens is 397 g/mol. The molecule has 0 bridgehead atoms. The van der Waals surface area contributed by atoms with Gasteiger partial charge in [-0.1, -0.05) is 17.7 Å². The number of nitrogens with one attached hydrogen (secondary N) is 1. The number of fused-ring (bicyclic) bond motifs is 1. The molecule has 1 atom stereocenters. The smallest absolute Gasteiger partial charge is 0.417 e. The number of alkyl halides is 3. The summed E-state index contributed by atoms with van der Waals surface area (Å²) < 4.78 is 47.1. The molecule has 3 aromatic rings. The van der Waals surface area contributed by atoms with Crippen LogP contribution < -0.4 is 10.1 Å². The Bertz CT molecular complexity index is 1050. The van der Waals surface area contributed by atoms with Crippen LogP contribution in [0.25, 0.3) is 11.0 Å². The van der Waals surface area contributed by atoms with Crippen molar-refractivity contribution < 1.29 is 22.7 Å². The molecule has 148 valence electrons. The number of nitrogens with zero attached hydrogens (tertiary/aromatic N) is 3. The Hall–Kier alpha value is -2.81. The van der Waals surface area contributed by atoms with Gasteiger partial charge in [0.05, 0.1) is 16.6 Å². The van der Waals surface area contributed by atoms with Crippen LogP contribution in [-0.4, -0.2) is 26.8 Å². The lowest BCUT2D eigenvalue weighted by Crippen LogP contribution is -2.30. The van der Waals surface area contributed by atoms with Gasteiger partial charge >= 0.3 is 6.18 Å². The number of benzene rings is 1. The third kappa shape index (κ3) is 4.04. The number of ether oxygens (including phenoxy) is 1. The summed E-state index contributed by atoms with van der Waals surface area (Å²) in [5, 5.41) is 6.91. The maximum Gasteiger partial charge on any atom is 0.417 e. The molecule has 1 N–H and O–H groups in total. The van der Waals surface area contributed by atoms with E-state index in [9.17, 15) is 18.0 Å². The van der Waals surface area contributed by atoms with E-state index in [-0.39, 0.29) is 22.6 Å². The number of rotatable bonds is 4. The highest BCUT2D eigenvalue weighted by molar-refractivity contribution is 6.30. The van der Waals surface area contributed by atoms with Crippen LogP contribution >= 0.6 is 11.6 Å². The van der Waals surface area contributed by atoms with Crippen LogP contribution in [0.4, 0.5) is 18.9 Å². The highest BCUT2D eigenvalue weighted by Crippen LogP contribution is 2.37. The lowest BCUT2D eigenvalue weighted by atomic mass is 10.1. The van der Waals surface area contributed by atoms with E-state index in [1.165, 1.54) is 31.6 Å². The number of anilines is 1. The van der Waals surface area contributed by atoms with Gasteiger partial charge in [-0.05, 0) is 32.0 Å². The number of amides is 1. The molecule has 0 unspecified atom stereocenters. The summed E-state index contributed by atoms with van der Waals surface area (Å²) in [6.07, 6.45) is -5.72. The standard InChI is InChI=1S/C18H16ClF3N4O2/c1-9-15-13(18(20,21)22)8-14(24-16(15)26(3)25-9)28-10(2)17(27)23-12-6-4-5-11(19)7-12/h4-8,10H,1-3H3,(H,23,27)/t10-/m1/s1. The predicted molar refractivity (Wildman–Crippen MR) is 98.4 cm³/mol. The van der Waals surface area contributed by atoms with E-state index < -0.39 is 23.8 Å². The first-order chi connectivity index (χ1) is 13.1.